The molecule has 0 radical (unpaired) electrons. The van der Waals surface area contributed by atoms with Crippen LogP contribution in [-0.2, 0) is 6.42 Å². The first-order valence-corrected chi connectivity index (χ1v) is 7.41. The maximum absolute atomic E-state index is 13.9. The van der Waals surface area contributed by atoms with Crippen LogP contribution in [0.15, 0.2) is 40.9 Å². The predicted octanol–water partition coefficient (Wildman–Crippen LogP) is 4.64. The molecule has 2 aromatic carbocycles. The zero-order valence-electron chi connectivity index (χ0n) is 10.3. The first-order valence-electron chi connectivity index (χ1n) is 5.86. The van der Waals surface area contributed by atoms with Crippen molar-refractivity contribution >= 4 is 39.1 Å². The molecule has 2 rings (SSSR count). The Morgan fingerprint density at radius 3 is 2.65 bits per heavy atom. The first-order chi connectivity index (χ1) is 9.51. The van der Waals surface area contributed by atoms with Crippen molar-refractivity contribution in [3.63, 3.8) is 0 Å². The lowest BCUT2D eigenvalue weighted by Crippen LogP contribution is -2.29. The van der Waals surface area contributed by atoms with Gasteiger partial charge in [0.1, 0.15) is 5.82 Å². The molecule has 0 heterocycles. The lowest BCUT2D eigenvalue weighted by Gasteiger charge is -2.18. The van der Waals surface area contributed by atoms with Crippen molar-refractivity contribution in [3.8, 4) is 0 Å². The van der Waals surface area contributed by atoms with Gasteiger partial charge in [-0.2, -0.15) is 0 Å². The van der Waals surface area contributed by atoms with E-state index in [9.17, 15) is 4.39 Å². The molecule has 0 aliphatic carbocycles. The lowest BCUT2D eigenvalue weighted by molar-refractivity contribution is 0.529. The van der Waals surface area contributed by atoms with Crippen molar-refractivity contribution in [3.05, 3.63) is 67.9 Å². The van der Waals surface area contributed by atoms with Gasteiger partial charge in [-0.05, 0) is 41.8 Å². The molecule has 2 aromatic rings. The summed E-state index contributed by atoms with van der Waals surface area (Å²) >= 11 is 15.2. The second-order valence-electron chi connectivity index (χ2n) is 4.34. The van der Waals surface area contributed by atoms with Gasteiger partial charge in [-0.15, -0.1) is 0 Å². The van der Waals surface area contributed by atoms with Crippen molar-refractivity contribution in [2.24, 2.45) is 5.84 Å². The highest BCUT2D eigenvalue weighted by Crippen LogP contribution is 2.27. The van der Waals surface area contributed by atoms with Gasteiger partial charge in [0.05, 0.1) is 11.1 Å². The minimum absolute atomic E-state index is 0.102. The van der Waals surface area contributed by atoms with Crippen molar-refractivity contribution < 1.29 is 4.39 Å². The average molecular weight is 378 g/mol. The Morgan fingerprint density at radius 2 is 2.00 bits per heavy atom. The fourth-order valence-electron chi connectivity index (χ4n) is 1.98. The quantitative estimate of drug-likeness (QED) is 0.601. The standard InChI is InChI=1S/C14H12BrCl2FN2/c15-10-4-9(5-11(16)7-10)13(20-19)6-8-2-1-3-12(17)14(8)18/h1-5,7,13,20H,6,19H2. The molecule has 6 heteroatoms. The molecule has 106 valence electrons. The summed E-state index contributed by atoms with van der Waals surface area (Å²) in [5.41, 5.74) is 4.04. The molecule has 1 unspecified atom stereocenters. The molecule has 20 heavy (non-hydrogen) atoms. The maximum Gasteiger partial charge on any atom is 0.145 e. The summed E-state index contributed by atoms with van der Waals surface area (Å²) in [6, 6.07) is 10.1. The van der Waals surface area contributed by atoms with E-state index in [0.717, 1.165) is 10.0 Å². The van der Waals surface area contributed by atoms with Gasteiger partial charge in [0.25, 0.3) is 0 Å². The first kappa shape index (κ1) is 15.7. The minimum atomic E-state index is -0.421. The summed E-state index contributed by atoms with van der Waals surface area (Å²) in [4.78, 5) is 0. The van der Waals surface area contributed by atoms with E-state index in [4.69, 9.17) is 29.0 Å². The molecule has 0 amide bonds. The van der Waals surface area contributed by atoms with Crippen LogP contribution in [0.2, 0.25) is 10.0 Å². The number of hydrogen-bond acceptors (Lipinski definition) is 2. The molecule has 0 aliphatic heterocycles. The van der Waals surface area contributed by atoms with Crippen molar-refractivity contribution in [1.82, 2.24) is 5.43 Å². The van der Waals surface area contributed by atoms with Crippen LogP contribution in [0, 0.1) is 5.82 Å². The Bertz CT molecular complexity index is 602. The molecule has 0 fully saturated rings. The van der Waals surface area contributed by atoms with E-state index in [0.29, 0.717) is 17.0 Å². The van der Waals surface area contributed by atoms with Gasteiger partial charge in [0, 0.05) is 9.50 Å². The summed E-state index contributed by atoms with van der Waals surface area (Å²) in [5, 5.41) is 0.687. The Balaban J connectivity index is 2.31. The Morgan fingerprint density at radius 1 is 1.25 bits per heavy atom. The van der Waals surface area contributed by atoms with Crippen LogP contribution in [0.1, 0.15) is 17.2 Å². The van der Waals surface area contributed by atoms with Crippen LogP contribution in [0.4, 0.5) is 4.39 Å². The molecule has 0 saturated carbocycles. The largest absolute Gasteiger partial charge is 0.271 e. The second-order valence-corrected chi connectivity index (χ2v) is 6.10. The number of halogens is 4. The third-order valence-corrected chi connectivity index (χ3v) is 3.91. The SMILES string of the molecule is NNC(Cc1cccc(Cl)c1F)c1cc(Cl)cc(Br)c1. The van der Waals surface area contributed by atoms with Crippen molar-refractivity contribution in [1.29, 1.82) is 0 Å². The van der Waals surface area contributed by atoms with Gasteiger partial charge in [0.2, 0.25) is 0 Å². The summed E-state index contributed by atoms with van der Waals surface area (Å²) in [7, 11) is 0. The van der Waals surface area contributed by atoms with E-state index < -0.39 is 5.82 Å². The normalized spacial score (nSPS) is 12.4. The zero-order chi connectivity index (χ0) is 14.7. The topological polar surface area (TPSA) is 38.0 Å². The Hall–Kier alpha value is -0.650. The van der Waals surface area contributed by atoms with E-state index >= 15 is 0 Å². The van der Waals surface area contributed by atoms with Crippen LogP contribution in [0.5, 0.6) is 0 Å². The summed E-state index contributed by atoms with van der Waals surface area (Å²) in [5.74, 6) is 5.16. The summed E-state index contributed by atoms with van der Waals surface area (Å²) in [6.07, 6.45) is 0.371. The van der Waals surface area contributed by atoms with Gasteiger partial charge in [-0.3, -0.25) is 11.3 Å². The molecule has 0 bridgehead atoms. The van der Waals surface area contributed by atoms with Crippen LogP contribution in [0.3, 0.4) is 0 Å². The van der Waals surface area contributed by atoms with Gasteiger partial charge in [-0.25, -0.2) is 4.39 Å². The second kappa shape index (κ2) is 6.87. The zero-order valence-corrected chi connectivity index (χ0v) is 13.4. The average Bonchev–Trinajstić information content (AvgIpc) is 2.39. The van der Waals surface area contributed by atoms with Crippen LogP contribution in [0.25, 0.3) is 0 Å². The third kappa shape index (κ3) is 3.71. The molecule has 0 aliphatic rings. The number of hydrazine groups is 1. The van der Waals surface area contributed by atoms with Crippen LogP contribution in [-0.4, -0.2) is 0 Å². The predicted molar refractivity (Wildman–Crippen MR) is 84.3 cm³/mol. The molecular weight excluding hydrogens is 366 g/mol. The number of rotatable bonds is 4. The highest BCUT2D eigenvalue weighted by molar-refractivity contribution is 9.10. The molecule has 1 atom stereocenters. The molecule has 0 aromatic heterocycles. The number of nitrogens with two attached hydrogens (primary N) is 1. The molecule has 2 nitrogen and oxygen atoms in total. The number of benzene rings is 2. The summed E-state index contributed by atoms with van der Waals surface area (Å²) < 4.78 is 14.8. The number of nitrogens with one attached hydrogen (secondary N) is 1. The van der Waals surface area contributed by atoms with E-state index in [1.54, 1.807) is 24.3 Å². The van der Waals surface area contributed by atoms with Gasteiger partial charge >= 0.3 is 0 Å². The highest BCUT2D eigenvalue weighted by Gasteiger charge is 2.15. The van der Waals surface area contributed by atoms with Crippen molar-refractivity contribution in [2.75, 3.05) is 0 Å². The molecule has 0 spiro atoms. The Kier molecular flexibility index (Phi) is 5.41. The third-order valence-electron chi connectivity index (χ3n) is 2.94. The van der Waals surface area contributed by atoms with Gasteiger partial charge < -0.3 is 0 Å². The lowest BCUT2D eigenvalue weighted by atomic mass is 9.99. The van der Waals surface area contributed by atoms with Gasteiger partial charge in [0.15, 0.2) is 0 Å². The smallest absolute Gasteiger partial charge is 0.145 e. The van der Waals surface area contributed by atoms with Crippen LogP contribution < -0.4 is 11.3 Å². The maximum atomic E-state index is 13.9. The molecule has 0 saturated heterocycles. The van der Waals surface area contributed by atoms with E-state index in [2.05, 4.69) is 21.4 Å². The van der Waals surface area contributed by atoms with Crippen molar-refractivity contribution in [2.45, 2.75) is 12.5 Å². The van der Waals surface area contributed by atoms with E-state index in [1.165, 1.54) is 6.07 Å². The minimum Gasteiger partial charge on any atom is -0.271 e. The van der Waals surface area contributed by atoms with Gasteiger partial charge in [-0.1, -0.05) is 51.3 Å². The van der Waals surface area contributed by atoms with Crippen LogP contribution >= 0.6 is 39.1 Å². The number of hydrogen-bond donors (Lipinski definition) is 2. The monoisotopic (exact) mass is 376 g/mol. The van der Waals surface area contributed by atoms with E-state index in [-0.39, 0.29) is 11.1 Å². The van der Waals surface area contributed by atoms with E-state index in [1.807, 2.05) is 6.07 Å². The Labute approximate surface area is 135 Å². The fraction of sp³-hybridized carbons (Fsp3) is 0.143. The highest BCUT2D eigenvalue weighted by atomic mass is 79.9. The molecular formula is C14H12BrCl2FN2. The molecule has 3 N–H and O–H groups in total. The fourth-order valence-corrected chi connectivity index (χ4v) is 3.06. The summed E-state index contributed by atoms with van der Waals surface area (Å²) in [6.45, 7) is 0.